The Bertz CT molecular complexity index is 607. The molecule has 29 heavy (non-hydrogen) atoms. The first-order valence-corrected chi connectivity index (χ1v) is 9.41. The summed E-state index contributed by atoms with van der Waals surface area (Å²) >= 11 is 0. The molecular formula is C18H32N4O7. The summed E-state index contributed by atoms with van der Waals surface area (Å²) in [4.78, 5) is 58.4. The lowest BCUT2D eigenvalue weighted by atomic mass is 10.0. The molecule has 3 atom stereocenters. The first-order valence-electron chi connectivity index (χ1n) is 9.41. The van der Waals surface area contributed by atoms with Crippen molar-refractivity contribution in [3.8, 4) is 0 Å². The van der Waals surface area contributed by atoms with Crippen LogP contribution < -0.4 is 21.7 Å². The van der Waals surface area contributed by atoms with Crippen molar-refractivity contribution in [1.29, 1.82) is 0 Å². The Balaban J connectivity index is 4.85. The van der Waals surface area contributed by atoms with Gasteiger partial charge in [-0.05, 0) is 24.7 Å². The summed E-state index contributed by atoms with van der Waals surface area (Å²) < 4.78 is 0. The molecular weight excluding hydrogens is 384 g/mol. The van der Waals surface area contributed by atoms with E-state index in [1.807, 2.05) is 13.8 Å². The van der Waals surface area contributed by atoms with Gasteiger partial charge in [-0.15, -0.1) is 0 Å². The molecule has 0 saturated carbocycles. The van der Waals surface area contributed by atoms with E-state index < -0.39 is 60.8 Å². The Labute approximate surface area is 169 Å². The van der Waals surface area contributed by atoms with Crippen LogP contribution in [0.5, 0.6) is 0 Å². The zero-order valence-corrected chi connectivity index (χ0v) is 17.2. The van der Waals surface area contributed by atoms with Crippen molar-refractivity contribution < 1.29 is 34.2 Å². The van der Waals surface area contributed by atoms with Gasteiger partial charge in [0.1, 0.15) is 12.1 Å². The number of carbonyl (C=O) groups is 5. The Hall–Kier alpha value is -2.69. The maximum atomic E-state index is 12.2. The lowest BCUT2D eigenvalue weighted by Crippen LogP contribution is -2.54. The number of carboxylic acids is 2. The van der Waals surface area contributed by atoms with Crippen molar-refractivity contribution in [2.75, 3.05) is 6.54 Å². The van der Waals surface area contributed by atoms with Gasteiger partial charge in [0.2, 0.25) is 17.7 Å². The zero-order valence-electron chi connectivity index (χ0n) is 17.2. The van der Waals surface area contributed by atoms with Gasteiger partial charge in [0.25, 0.3) is 0 Å². The number of nitrogens with two attached hydrogens (primary N) is 1. The van der Waals surface area contributed by atoms with E-state index in [2.05, 4.69) is 16.0 Å². The van der Waals surface area contributed by atoms with Gasteiger partial charge >= 0.3 is 11.9 Å². The van der Waals surface area contributed by atoms with Crippen molar-refractivity contribution in [3.63, 3.8) is 0 Å². The van der Waals surface area contributed by atoms with Crippen LogP contribution in [0.15, 0.2) is 0 Å². The topological polar surface area (TPSA) is 188 Å². The monoisotopic (exact) mass is 416 g/mol. The highest BCUT2D eigenvalue weighted by molar-refractivity contribution is 5.94. The van der Waals surface area contributed by atoms with E-state index in [9.17, 15) is 24.0 Å². The predicted octanol–water partition coefficient (Wildman–Crippen LogP) is -0.949. The van der Waals surface area contributed by atoms with Crippen LogP contribution >= 0.6 is 0 Å². The Kier molecular flexibility index (Phi) is 11.5. The number of hydrogen-bond donors (Lipinski definition) is 6. The fraction of sp³-hybridized carbons (Fsp3) is 0.722. The SMILES string of the molecule is CC(C)CC(N)C(=O)NC(CC(=O)O)C(=O)NCC(=O)NC(CC(C)C)C(=O)O. The molecule has 0 bridgehead atoms. The first kappa shape index (κ1) is 26.3. The second kappa shape index (κ2) is 12.7. The summed E-state index contributed by atoms with van der Waals surface area (Å²) in [5.74, 6) is -4.68. The van der Waals surface area contributed by atoms with Crippen molar-refractivity contribution in [3.05, 3.63) is 0 Å². The third-order valence-electron chi connectivity index (χ3n) is 3.84. The van der Waals surface area contributed by atoms with Crippen molar-refractivity contribution in [1.82, 2.24) is 16.0 Å². The summed E-state index contributed by atoms with van der Waals surface area (Å²) in [5, 5.41) is 24.9. The van der Waals surface area contributed by atoms with E-state index in [-0.39, 0.29) is 18.3 Å². The highest BCUT2D eigenvalue weighted by Gasteiger charge is 2.27. The lowest BCUT2D eigenvalue weighted by molar-refractivity contribution is -0.143. The van der Waals surface area contributed by atoms with Crippen LogP contribution in [-0.4, -0.2) is 64.5 Å². The molecule has 0 radical (unpaired) electrons. The number of hydrogen-bond acceptors (Lipinski definition) is 6. The van der Waals surface area contributed by atoms with Gasteiger partial charge in [-0.25, -0.2) is 4.79 Å². The van der Waals surface area contributed by atoms with Gasteiger partial charge in [-0.1, -0.05) is 27.7 Å². The molecule has 0 aliphatic rings. The fourth-order valence-electron chi connectivity index (χ4n) is 2.51. The minimum absolute atomic E-state index is 0.0243. The van der Waals surface area contributed by atoms with Crippen LogP contribution in [0, 0.1) is 11.8 Å². The van der Waals surface area contributed by atoms with Gasteiger partial charge in [-0.2, -0.15) is 0 Å². The van der Waals surface area contributed by atoms with Crippen LogP contribution in [0.25, 0.3) is 0 Å². The van der Waals surface area contributed by atoms with E-state index in [0.717, 1.165) is 0 Å². The van der Waals surface area contributed by atoms with Crippen LogP contribution in [0.3, 0.4) is 0 Å². The Morgan fingerprint density at radius 2 is 1.38 bits per heavy atom. The molecule has 166 valence electrons. The lowest BCUT2D eigenvalue weighted by Gasteiger charge is -2.21. The van der Waals surface area contributed by atoms with E-state index in [4.69, 9.17) is 15.9 Å². The van der Waals surface area contributed by atoms with E-state index >= 15 is 0 Å². The molecule has 0 saturated heterocycles. The summed E-state index contributed by atoms with van der Waals surface area (Å²) in [6, 6.07) is -3.44. The first-order chi connectivity index (χ1) is 13.3. The normalized spacial score (nSPS) is 14.0. The van der Waals surface area contributed by atoms with Gasteiger partial charge < -0.3 is 31.9 Å². The van der Waals surface area contributed by atoms with Crippen molar-refractivity contribution in [2.24, 2.45) is 17.6 Å². The highest BCUT2D eigenvalue weighted by Crippen LogP contribution is 2.05. The largest absolute Gasteiger partial charge is 0.481 e. The molecule has 0 spiro atoms. The third-order valence-corrected chi connectivity index (χ3v) is 3.84. The molecule has 0 aromatic heterocycles. The average Bonchev–Trinajstić information content (AvgIpc) is 2.56. The van der Waals surface area contributed by atoms with Crippen LogP contribution in [0.2, 0.25) is 0 Å². The fourth-order valence-corrected chi connectivity index (χ4v) is 2.51. The van der Waals surface area contributed by atoms with Crippen LogP contribution in [0.4, 0.5) is 0 Å². The number of rotatable bonds is 13. The molecule has 0 aliphatic carbocycles. The molecule has 3 amide bonds. The van der Waals surface area contributed by atoms with Crippen molar-refractivity contribution >= 4 is 29.7 Å². The molecule has 0 heterocycles. The summed E-state index contributed by atoms with van der Waals surface area (Å²) in [5.41, 5.74) is 5.73. The predicted molar refractivity (Wildman–Crippen MR) is 104 cm³/mol. The second-order valence-corrected chi connectivity index (χ2v) is 7.70. The van der Waals surface area contributed by atoms with Gasteiger partial charge in [0, 0.05) is 0 Å². The van der Waals surface area contributed by atoms with Gasteiger partial charge in [-0.3, -0.25) is 19.2 Å². The molecule has 11 nitrogen and oxygen atoms in total. The minimum Gasteiger partial charge on any atom is -0.481 e. The minimum atomic E-state index is -1.42. The molecule has 7 N–H and O–H groups in total. The molecule has 11 heteroatoms. The van der Waals surface area contributed by atoms with Crippen LogP contribution in [0.1, 0.15) is 47.0 Å². The maximum absolute atomic E-state index is 12.2. The molecule has 0 fully saturated rings. The Morgan fingerprint density at radius 3 is 1.83 bits per heavy atom. The molecule has 0 aliphatic heterocycles. The number of carboxylic acid groups (broad SMARTS) is 2. The molecule has 0 aromatic carbocycles. The zero-order chi connectivity index (χ0) is 22.7. The van der Waals surface area contributed by atoms with E-state index in [1.165, 1.54) is 0 Å². The quantitative estimate of drug-likeness (QED) is 0.221. The third kappa shape index (κ3) is 11.7. The summed E-state index contributed by atoms with van der Waals surface area (Å²) in [6.45, 7) is 6.75. The molecule has 0 rings (SSSR count). The van der Waals surface area contributed by atoms with E-state index in [0.29, 0.717) is 6.42 Å². The average molecular weight is 416 g/mol. The number of nitrogens with one attached hydrogen (secondary N) is 3. The molecule has 0 aromatic rings. The van der Waals surface area contributed by atoms with Gasteiger partial charge in [0.05, 0.1) is 19.0 Å². The second-order valence-electron chi connectivity index (χ2n) is 7.70. The summed E-state index contributed by atoms with van der Waals surface area (Å²) in [6.07, 6.45) is -0.138. The van der Waals surface area contributed by atoms with Gasteiger partial charge in [0.15, 0.2) is 0 Å². The van der Waals surface area contributed by atoms with Crippen molar-refractivity contribution in [2.45, 2.75) is 65.1 Å². The maximum Gasteiger partial charge on any atom is 0.326 e. The standard InChI is InChI=1S/C18H32N4O7/c1-9(2)5-11(19)16(26)22-12(7-15(24)25)17(27)20-8-14(23)21-13(18(28)29)6-10(3)4/h9-13H,5-8,19H2,1-4H3,(H,20,27)(H,21,23)(H,22,26)(H,24,25)(H,28,29). The number of amides is 3. The van der Waals surface area contributed by atoms with E-state index in [1.54, 1.807) is 13.8 Å². The summed E-state index contributed by atoms with van der Waals surface area (Å²) in [7, 11) is 0. The molecule has 3 unspecified atom stereocenters. The Morgan fingerprint density at radius 1 is 0.828 bits per heavy atom. The number of carbonyl (C=O) groups excluding carboxylic acids is 3. The number of aliphatic carboxylic acids is 2. The smallest absolute Gasteiger partial charge is 0.326 e. The van der Waals surface area contributed by atoms with Crippen LogP contribution in [-0.2, 0) is 24.0 Å². The highest BCUT2D eigenvalue weighted by atomic mass is 16.4.